The molecular formula is C36H35FN4O4. The van der Waals surface area contributed by atoms with E-state index in [0.717, 1.165) is 42.7 Å². The van der Waals surface area contributed by atoms with Gasteiger partial charge in [0.05, 0.1) is 19.2 Å². The van der Waals surface area contributed by atoms with Crippen LogP contribution in [0.1, 0.15) is 35.3 Å². The summed E-state index contributed by atoms with van der Waals surface area (Å²) in [7, 11) is 1.58. The highest BCUT2D eigenvalue weighted by Crippen LogP contribution is 2.38. The van der Waals surface area contributed by atoms with Crippen molar-refractivity contribution in [2.75, 3.05) is 38.7 Å². The number of amides is 1. The highest BCUT2D eigenvalue weighted by molar-refractivity contribution is 6.03. The minimum absolute atomic E-state index is 0.00111. The van der Waals surface area contributed by atoms with Crippen molar-refractivity contribution in [2.24, 2.45) is 0 Å². The molecular weight excluding hydrogens is 571 g/mol. The molecule has 8 nitrogen and oxygen atoms in total. The molecule has 0 saturated carbocycles. The SMILES string of the molecule is COc1cc2c(Oc3ccc(NC(=O)c4cc(-c5ccc(C)cc5)ccn4)cc3F)ccnc2cc1OCCCN1CCCC1. The lowest BCUT2D eigenvalue weighted by Crippen LogP contribution is -2.21. The molecule has 1 fully saturated rings. The molecule has 1 aliphatic rings. The Morgan fingerprint density at radius 1 is 0.867 bits per heavy atom. The van der Waals surface area contributed by atoms with Crippen molar-refractivity contribution in [3.05, 3.63) is 102 Å². The first-order valence-corrected chi connectivity index (χ1v) is 15.1. The molecule has 1 N–H and O–H groups in total. The minimum atomic E-state index is -0.635. The number of hydrogen-bond acceptors (Lipinski definition) is 7. The van der Waals surface area contributed by atoms with Gasteiger partial charge in [-0.25, -0.2) is 4.39 Å². The van der Waals surface area contributed by atoms with Gasteiger partial charge in [-0.2, -0.15) is 0 Å². The molecule has 1 amide bonds. The molecule has 0 radical (unpaired) electrons. The Kier molecular flexibility index (Phi) is 9.17. The second-order valence-electron chi connectivity index (χ2n) is 11.1. The lowest BCUT2D eigenvalue weighted by Gasteiger charge is -2.16. The summed E-state index contributed by atoms with van der Waals surface area (Å²) in [5, 5.41) is 3.37. The zero-order valence-electron chi connectivity index (χ0n) is 25.4. The topological polar surface area (TPSA) is 85.8 Å². The van der Waals surface area contributed by atoms with Crippen molar-refractivity contribution in [3.63, 3.8) is 0 Å². The van der Waals surface area contributed by atoms with E-state index in [9.17, 15) is 4.79 Å². The number of halogens is 1. The number of fused-ring (bicyclic) bond motifs is 1. The maximum absolute atomic E-state index is 15.2. The van der Waals surface area contributed by atoms with Crippen molar-refractivity contribution in [1.29, 1.82) is 0 Å². The molecule has 1 saturated heterocycles. The van der Waals surface area contributed by atoms with E-state index in [2.05, 4.69) is 20.2 Å². The second-order valence-corrected chi connectivity index (χ2v) is 11.1. The van der Waals surface area contributed by atoms with Gasteiger partial charge in [0.1, 0.15) is 11.4 Å². The van der Waals surface area contributed by atoms with Crippen LogP contribution in [0.25, 0.3) is 22.0 Å². The van der Waals surface area contributed by atoms with E-state index in [1.165, 1.54) is 25.0 Å². The summed E-state index contributed by atoms with van der Waals surface area (Å²) in [5.74, 6) is 0.469. The maximum Gasteiger partial charge on any atom is 0.274 e. The third-order valence-electron chi connectivity index (χ3n) is 7.85. The van der Waals surface area contributed by atoms with Crippen LogP contribution in [0.3, 0.4) is 0 Å². The standard InChI is InChI=1S/C36H35FN4O4/c1-24-6-8-25(9-7-24)26-12-14-39-31(20-26)36(42)40-27-10-11-33(29(37)21-27)45-32-13-15-38-30-23-35(34(43-2)22-28(30)32)44-19-5-18-41-16-3-4-17-41/h6-15,20-23H,3-5,16-19H2,1-2H3,(H,40,42). The molecule has 0 spiro atoms. The Balaban J connectivity index is 1.14. The van der Waals surface area contributed by atoms with Crippen LogP contribution in [-0.2, 0) is 0 Å². The number of pyridine rings is 2. The van der Waals surface area contributed by atoms with E-state index in [1.54, 1.807) is 43.8 Å². The average Bonchev–Trinajstić information content (AvgIpc) is 3.58. The van der Waals surface area contributed by atoms with Crippen LogP contribution in [-0.4, -0.2) is 54.1 Å². The number of likely N-dealkylation sites (tertiary alicyclic amines) is 1. The fraction of sp³-hybridized carbons (Fsp3) is 0.250. The van der Waals surface area contributed by atoms with Crippen LogP contribution in [0.2, 0.25) is 0 Å². The van der Waals surface area contributed by atoms with Gasteiger partial charge in [0.2, 0.25) is 0 Å². The van der Waals surface area contributed by atoms with Crippen molar-refractivity contribution in [2.45, 2.75) is 26.2 Å². The van der Waals surface area contributed by atoms with Gasteiger partial charge in [0.15, 0.2) is 23.1 Å². The molecule has 0 aliphatic carbocycles. The van der Waals surface area contributed by atoms with Gasteiger partial charge in [0.25, 0.3) is 5.91 Å². The second kappa shape index (κ2) is 13.7. The van der Waals surface area contributed by atoms with Crippen LogP contribution in [0, 0.1) is 12.7 Å². The van der Waals surface area contributed by atoms with Gasteiger partial charge in [-0.1, -0.05) is 29.8 Å². The number of rotatable bonds is 11. The van der Waals surface area contributed by atoms with Crippen LogP contribution < -0.4 is 19.5 Å². The van der Waals surface area contributed by atoms with E-state index in [1.807, 2.05) is 43.3 Å². The highest BCUT2D eigenvalue weighted by atomic mass is 19.1. The summed E-state index contributed by atoms with van der Waals surface area (Å²) in [6, 6.07) is 21.1. The molecule has 0 bridgehead atoms. The summed E-state index contributed by atoms with van der Waals surface area (Å²) >= 11 is 0. The van der Waals surface area contributed by atoms with Crippen LogP contribution in [0.5, 0.6) is 23.0 Å². The van der Waals surface area contributed by atoms with Crippen LogP contribution >= 0.6 is 0 Å². The van der Waals surface area contributed by atoms with E-state index in [-0.39, 0.29) is 17.1 Å². The molecule has 5 aromatic rings. The molecule has 3 aromatic carbocycles. The Bertz CT molecular complexity index is 1810. The van der Waals surface area contributed by atoms with E-state index >= 15 is 4.39 Å². The number of aromatic nitrogens is 2. The minimum Gasteiger partial charge on any atom is -0.493 e. The van der Waals surface area contributed by atoms with E-state index in [4.69, 9.17) is 14.2 Å². The van der Waals surface area contributed by atoms with Gasteiger partial charge in [0, 0.05) is 42.1 Å². The van der Waals surface area contributed by atoms with Crippen molar-refractivity contribution in [3.8, 4) is 34.1 Å². The number of ether oxygens (including phenoxy) is 3. The number of nitrogens with zero attached hydrogens (tertiary/aromatic N) is 3. The third kappa shape index (κ3) is 7.21. The zero-order chi connectivity index (χ0) is 31.2. The maximum atomic E-state index is 15.2. The predicted octanol–water partition coefficient (Wildman–Crippen LogP) is 7.66. The lowest BCUT2D eigenvalue weighted by atomic mass is 10.0. The normalized spacial score (nSPS) is 13.1. The number of benzene rings is 3. The Morgan fingerprint density at radius 3 is 2.44 bits per heavy atom. The summed E-state index contributed by atoms with van der Waals surface area (Å²) in [4.78, 5) is 24.1. The molecule has 1 aliphatic heterocycles. The summed E-state index contributed by atoms with van der Waals surface area (Å²) in [5.41, 5.74) is 4.12. The molecule has 0 unspecified atom stereocenters. The number of nitrogens with one attached hydrogen (secondary N) is 1. The molecule has 0 atom stereocenters. The first-order chi connectivity index (χ1) is 22.0. The third-order valence-corrected chi connectivity index (χ3v) is 7.85. The van der Waals surface area contributed by atoms with Crippen molar-refractivity contribution < 1.29 is 23.4 Å². The van der Waals surface area contributed by atoms with Crippen LogP contribution in [0.15, 0.2) is 85.2 Å². The average molecular weight is 607 g/mol. The smallest absolute Gasteiger partial charge is 0.274 e. The number of anilines is 1. The summed E-state index contributed by atoms with van der Waals surface area (Å²) < 4.78 is 32.9. The molecule has 6 rings (SSSR count). The number of aryl methyl sites for hydroxylation is 1. The number of carbonyl (C=O) groups is 1. The number of carbonyl (C=O) groups excluding carboxylic acids is 1. The van der Waals surface area contributed by atoms with E-state index < -0.39 is 11.7 Å². The molecule has 45 heavy (non-hydrogen) atoms. The highest BCUT2D eigenvalue weighted by Gasteiger charge is 2.16. The first kappa shape index (κ1) is 30.0. The van der Waals surface area contributed by atoms with Gasteiger partial charge in [-0.3, -0.25) is 14.8 Å². The predicted molar refractivity (Wildman–Crippen MR) is 173 cm³/mol. The summed E-state index contributed by atoms with van der Waals surface area (Å²) in [6.45, 7) is 5.91. The van der Waals surface area contributed by atoms with Gasteiger partial charge < -0.3 is 24.4 Å². The van der Waals surface area contributed by atoms with E-state index in [0.29, 0.717) is 34.8 Å². The first-order valence-electron chi connectivity index (χ1n) is 15.1. The van der Waals surface area contributed by atoms with Crippen LogP contribution in [0.4, 0.5) is 10.1 Å². The monoisotopic (exact) mass is 606 g/mol. The van der Waals surface area contributed by atoms with Gasteiger partial charge >= 0.3 is 0 Å². The summed E-state index contributed by atoms with van der Waals surface area (Å²) in [6.07, 6.45) is 6.64. The molecule has 3 heterocycles. The number of hydrogen-bond donors (Lipinski definition) is 1. The Morgan fingerprint density at radius 2 is 1.67 bits per heavy atom. The Labute approximate surface area is 261 Å². The van der Waals surface area contributed by atoms with Gasteiger partial charge in [-0.15, -0.1) is 0 Å². The number of methoxy groups -OCH3 is 1. The van der Waals surface area contributed by atoms with Crippen molar-refractivity contribution in [1.82, 2.24) is 14.9 Å². The fourth-order valence-electron chi connectivity index (χ4n) is 5.42. The zero-order valence-corrected chi connectivity index (χ0v) is 25.4. The molecule has 2 aromatic heterocycles. The lowest BCUT2D eigenvalue weighted by molar-refractivity contribution is 0.102. The van der Waals surface area contributed by atoms with Crippen molar-refractivity contribution >= 4 is 22.5 Å². The molecule has 9 heteroatoms. The largest absolute Gasteiger partial charge is 0.493 e. The molecule has 230 valence electrons. The van der Waals surface area contributed by atoms with Gasteiger partial charge in [-0.05, 0) is 86.8 Å². The Hall–Kier alpha value is -5.02. The quantitative estimate of drug-likeness (QED) is 0.155. The fourth-order valence-corrected chi connectivity index (χ4v) is 5.42.